The van der Waals surface area contributed by atoms with E-state index in [0.717, 1.165) is 79.1 Å². The Kier molecular flexibility index (Phi) is 9.40. The lowest BCUT2D eigenvalue weighted by Gasteiger charge is -2.65. The number of amides is 5. The fourth-order valence-electron chi connectivity index (χ4n) is 12.3. The smallest absolute Gasteiger partial charge is 0.262 e. The quantitative estimate of drug-likeness (QED) is 0.227. The summed E-state index contributed by atoms with van der Waals surface area (Å²) in [6, 6.07) is 18.2. The van der Waals surface area contributed by atoms with Gasteiger partial charge in [-0.15, -0.1) is 0 Å². The van der Waals surface area contributed by atoms with E-state index in [1.165, 1.54) is 0 Å². The Morgan fingerprint density at radius 1 is 0.823 bits per heavy atom. The minimum absolute atomic E-state index is 0.0352. The molecule has 0 radical (unpaired) electrons. The number of piperidine rings is 2. The topological polar surface area (TPSA) is 143 Å². The van der Waals surface area contributed by atoms with Crippen LogP contribution in [0.15, 0.2) is 54.6 Å². The number of anilines is 1. The summed E-state index contributed by atoms with van der Waals surface area (Å²) >= 11 is 6.30. The minimum atomic E-state index is -0.969. The molecule has 5 amide bonds. The van der Waals surface area contributed by atoms with Crippen LogP contribution in [-0.2, 0) is 16.1 Å². The Bertz CT molecular complexity index is 2570. The third-order valence-corrected chi connectivity index (χ3v) is 15.3. The number of rotatable bonds is 6. The number of hydrogen-bond acceptors (Lipinski definition) is 9. The summed E-state index contributed by atoms with van der Waals surface area (Å²) in [5, 5.41) is 11.9. The van der Waals surface area contributed by atoms with Crippen molar-refractivity contribution in [1.29, 1.82) is 5.26 Å². The summed E-state index contributed by atoms with van der Waals surface area (Å²) in [7, 11) is 0. The molecule has 62 heavy (non-hydrogen) atoms. The summed E-state index contributed by atoms with van der Waals surface area (Å²) in [5.41, 5.74) is 4.15. The third-order valence-electron chi connectivity index (χ3n) is 15.0. The average molecular weight is 853 g/mol. The maximum Gasteiger partial charge on any atom is 0.262 e. The van der Waals surface area contributed by atoms with Crippen LogP contribution in [0.5, 0.6) is 5.75 Å². The molecule has 3 aromatic rings. The molecule has 7 aliphatic rings. The predicted molar refractivity (Wildman–Crippen MR) is 230 cm³/mol. The van der Waals surface area contributed by atoms with Gasteiger partial charge in [0, 0.05) is 83.2 Å². The van der Waals surface area contributed by atoms with Crippen molar-refractivity contribution >= 4 is 46.8 Å². The molecular weight excluding hydrogens is 804 g/mol. The number of halogens is 1. The van der Waals surface area contributed by atoms with Crippen molar-refractivity contribution in [2.45, 2.75) is 97.0 Å². The number of hydrogen-bond donors (Lipinski definition) is 1. The molecule has 1 unspecified atom stereocenters. The second kappa shape index (κ2) is 14.4. The molecule has 1 spiro atoms. The van der Waals surface area contributed by atoms with E-state index >= 15 is 0 Å². The summed E-state index contributed by atoms with van der Waals surface area (Å²) in [6.07, 6.45) is 4.37. The SMILES string of the molecule is CC1(C)[C@H](Oc2ccc(C#N)c(Cl)c2)C(C)(C)[C@H]1N1Cc2ccc(C#CC3CCN(C4CC5(C4)CN(c4ccc6c(c4)C(=O)N(C4CCC(=O)NC4=O)C6=O)C5)CC3)cc2C1=O. The molecule has 3 aromatic carbocycles. The Hall–Kier alpha value is -5.69. The molecule has 10 rings (SSSR count). The van der Waals surface area contributed by atoms with E-state index in [0.29, 0.717) is 46.0 Å². The average Bonchev–Trinajstić information content (AvgIpc) is 3.65. The predicted octanol–water partition coefficient (Wildman–Crippen LogP) is 6.18. The van der Waals surface area contributed by atoms with Crippen LogP contribution in [0, 0.1) is 45.3 Å². The lowest BCUT2D eigenvalue weighted by Crippen LogP contribution is -2.74. The van der Waals surface area contributed by atoms with Crippen molar-refractivity contribution in [1.82, 2.24) is 20.0 Å². The first-order valence-corrected chi connectivity index (χ1v) is 22.1. The summed E-state index contributed by atoms with van der Waals surface area (Å²) in [5.74, 6) is 5.95. The van der Waals surface area contributed by atoms with Crippen molar-refractivity contribution in [3.05, 3.63) is 93.0 Å². The van der Waals surface area contributed by atoms with Gasteiger partial charge in [0.15, 0.2) is 0 Å². The van der Waals surface area contributed by atoms with E-state index in [1.807, 2.05) is 23.1 Å². The molecule has 3 saturated heterocycles. The number of imide groups is 2. The molecule has 12 nitrogen and oxygen atoms in total. The monoisotopic (exact) mass is 852 g/mol. The first-order chi connectivity index (χ1) is 29.6. The zero-order valence-electron chi connectivity index (χ0n) is 35.4. The molecule has 1 N–H and O–H groups in total. The lowest BCUT2D eigenvalue weighted by molar-refractivity contribution is -0.199. The Morgan fingerprint density at radius 3 is 2.24 bits per heavy atom. The maximum absolute atomic E-state index is 14.0. The fourth-order valence-corrected chi connectivity index (χ4v) is 12.5. The number of likely N-dealkylation sites (tertiary alicyclic amines) is 1. The zero-order chi connectivity index (χ0) is 43.5. The second-order valence-corrected chi connectivity index (χ2v) is 20.2. The van der Waals surface area contributed by atoms with Crippen LogP contribution in [0.2, 0.25) is 5.02 Å². The Morgan fingerprint density at radius 2 is 1.55 bits per heavy atom. The number of carbonyl (C=O) groups is 5. The van der Waals surface area contributed by atoms with E-state index < -0.39 is 23.8 Å². The van der Waals surface area contributed by atoms with Crippen LogP contribution in [0.4, 0.5) is 5.69 Å². The molecule has 13 heteroatoms. The summed E-state index contributed by atoms with van der Waals surface area (Å²) < 4.78 is 6.49. The van der Waals surface area contributed by atoms with Crippen molar-refractivity contribution in [3.8, 4) is 23.7 Å². The van der Waals surface area contributed by atoms with Crippen molar-refractivity contribution in [3.63, 3.8) is 0 Å². The number of ether oxygens (including phenoxy) is 1. The normalized spacial score (nSPS) is 26.2. The van der Waals surface area contributed by atoms with E-state index in [1.54, 1.807) is 30.3 Å². The van der Waals surface area contributed by atoms with Crippen molar-refractivity contribution in [2.24, 2.45) is 22.2 Å². The van der Waals surface area contributed by atoms with Gasteiger partial charge in [0.25, 0.3) is 17.7 Å². The highest BCUT2D eigenvalue weighted by atomic mass is 35.5. The van der Waals surface area contributed by atoms with Gasteiger partial charge in [0.05, 0.1) is 21.7 Å². The number of benzene rings is 3. The molecule has 1 atom stereocenters. The first-order valence-electron chi connectivity index (χ1n) is 21.7. The van der Waals surface area contributed by atoms with Crippen LogP contribution in [-0.4, -0.2) is 94.6 Å². The van der Waals surface area contributed by atoms with Gasteiger partial charge in [-0.1, -0.05) is 57.2 Å². The first kappa shape index (κ1) is 40.4. The summed E-state index contributed by atoms with van der Waals surface area (Å²) in [4.78, 5) is 72.5. The molecule has 2 aliphatic carbocycles. The van der Waals surface area contributed by atoms with Crippen molar-refractivity contribution in [2.75, 3.05) is 31.1 Å². The Labute approximate surface area is 366 Å². The number of nitrogens with zero attached hydrogens (tertiary/aromatic N) is 5. The number of carbonyl (C=O) groups excluding carboxylic acids is 5. The van der Waals surface area contributed by atoms with Gasteiger partial charge in [-0.05, 0) is 93.2 Å². The van der Waals surface area contributed by atoms with Crippen LogP contribution in [0.3, 0.4) is 0 Å². The van der Waals surface area contributed by atoms with E-state index in [2.05, 4.69) is 66.8 Å². The van der Waals surface area contributed by atoms with Gasteiger partial charge >= 0.3 is 0 Å². The van der Waals surface area contributed by atoms with E-state index in [-0.39, 0.29) is 53.0 Å². The number of nitrogens with one attached hydrogen (secondary N) is 1. The molecule has 5 heterocycles. The van der Waals surface area contributed by atoms with E-state index in [4.69, 9.17) is 16.3 Å². The number of nitriles is 1. The number of fused-ring (bicyclic) bond motifs is 2. The van der Waals surface area contributed by atoms with Crippen LogP contribution < -0.4 is 15.0 Å². The Balaban J connectivity index is 0.704. The zero-order valence-corrected chi connectivity index (χ0v) is 36.2. The lowest BCUT2D eigenvalue weighted by atomic mass is 9.49. The molecule has 0 aromatic heterocycles. The molecule has 5 aliphatic heterocycles. The van der Waals surface area contributed by atoms with Gasteiger partial charge in [-0.3, -0.25) is 34.2 Å². The fraction of sp³-hybridized carbons (Fsp3) is 0.469. The molecule has 5 fully saturated rings. The van der Waals surface area contributed by atoms with Gasteiger partial charge in [0.2, 0.25) is 11.8 Å². The van der Waals surface area contributed by atoms with Gasteiger partial charge < -0.3 is 19.4 Å². The largest absolute Gasteiger partial charge is 0.489 e. The molecular formula is C49H49ClN6O6. The third kappa shape index (κ3) is 6.40. The summed E-state index contributed by atoms with van der Waals surface area (Å²) in [6.45, 7) is 13.0. The highest BCUT2D eigenvalue weighted by molar-refractivity contribution is 6.31. The van der Waals surface area contributed by atoms with E-state index in [9.17, 15) is 29.2 Å². The molecule has 2 saturated carbocycles. The van der Waals surface area contributed by atoms with Crippen LogP contribution in [0.25, 0.3) is 0 Å². The molecule has 0 bridgehead atoms. The highest BCUT2D eigenvalue weighted by Crippen LogP contribution is 2.59. The standard InChI is InChI=1S/C49H49ClN6O6/c1-47(2)45(48(3,4)46(47)62-34-11-9-30(24-51)38(50)21-34)55-25-31-8-7-29(19-36(31)42(55)59)6-5-28-15-17-53(18-16-28)33-22-49(23-33)26-54(27-49)32-10-12-35-37(20-32)44(61)56(43(35)60)39-13-14-40(57)52-41(39)58/h7-12,19-21,28,33,39,45-46H,13-18,22-23,25-27H2,1-4H3,(H,52,57,58)/t39?,45-,46-. The minimum Gasteiger partial charge on any atom is -0.489 e. The molecule has 318 valence electrons. The van der Waals surface area contributed by atoms with Crippen LogP contribution >= 0.6 is 11.6 Å². The van der Waals surface area contributed by atoms with Gasteiger partial charge in [0.1, 0.15) is 24.0 Å². The highest BCUT2D eigenvalue weighted by Gasteiger charge is 2.67. The second-order valence-electron chi connectivity index (χ2n) is 19.8. The van der Waals surface area contributed by atoms with Gasteiger partial charge in [-0.25, -0.2) is 0 Å². The van der Waals surface area contributed by atoms with Crippen molar-refractivity contribution < 1.29 is 28.7 Å². The van der Waals surface area contributed by atoms with Crippen LogP contribution in [0.1, 0.15) is 114 Å². The van der Waals surface area contributed by atoms with Gasteiger partial charge in [-0.2, -0.15) is 5.26 Å². The maximum atomic E-state index is 14.0.